The molecule has 70 valence electrons. The summed E-state index contributed by atoms with van der Waals surface area (Å²) in [5, 5.41) is 0. The predicted molar refractivity (Wildman–Crippen MR) is 49.7 cm³/mol. The SMILES string of the molecule is Nc1ncc(CCC2CC2)cc1F. The van der Waals surface area contributed by atoms with E-state index in [2.05, 4.69) is 4.98 Å². The van der Waals surface area contributed by atoms with Crippen LogP contribution in [0.3, 0.4) is 0 Å². The average molecular weight is 180 g/mol. The molecule has 0 aromatic carbocycles. The molecule has 13 heavy (non-hydrogen) atoms. The normalized spacial score (nSPS) is 16.1. The molecule has 1 aliphatic rings. The number of aryl methyl sites for hydroxylation is 1. The first-order chi connectivity index (χ1) is 6.25. The molecule has 0 aliphatic heterocycles. The van der Waals surface area contributed by atoms with Crippen LogP contribution < -0.4 is 5.73 Å². The number of hydrogen-bond acceptors (Lipinski definition) is 2. The topological polar surface area (TPSA) is 38.9 Å². The van der Waals surface area contributed by atoms with Crippen LogP contribution in [0.1, 0.15) is 24.8 Å². The second-order valence-corrected chi connectivity index (χ2v) is 3.69. The van der Waals surface area contributed by atoms with Gasteiger partial charge in [-0.05, 0) is 30.4 Å². The van der Waals surface area contributed by atoms with Crippen molar-refractivity contribution >= 4 is 5.82 Å². The molecule has 0 atom stereocenters. The number of pyridine rings is 1. The Morgan fingerprint density at radius 2 is 2.31 bits per heavy atom. The Kier molecular flexibility index (Phi) is 2.17. The van der Waals surface area contributed by atoms with Crippen molar-refractivity contribution in [1.82, 2.24) is 4.98 Å². The lowest BCUT2D eigenvalue weighted by Gasteiger charge is -2.01. The second-order valence-electron chi connectivity index (χ2n) is 3.69. The van der Waals surface area contributed by atoms with Gasteiger partial charge in [-0.2, -0.15) is 0 Å². The van der Waals surface area contributed by atoms with E-state index in [0.717, 1.165) is 24.3 Å². The van der Waals surface area contributed by atoms with Gasteiger partial charge in [0.1, 0.15) is 0 Å². The summed E-state index contributed by atoms with van der Waals surface area (Å²) < 4.78 is 12.9. The van der Waals surface area contributed by atoms with Gasteiger partial charge in [-0.15, -0.1) is 0 Å². The number of hydrogen-bond donors (Lipinski definition) is 1. The molecule has 0 saturated heterocycles. The molecule has 0 bridgehead atoms. The summed E-state index contributed by atoms with van der Waals surface area (Å²) in [6.07, 6.45) is 6.43. The van der Waals surface area contributed by atoms with E-state index in [1.807, 2.05) is 0 Å². The van der Waals surface area contributed by atoms with Gasteiger partial charge in [-0.25, -0.2) is 9.37 Å². The van der Waals surface area contributed by atoms with Crippen molar-refractivity contribution in [3.63, 3.8) is 0 Å². The summed E-state index contributed by atoms with van der Waals surface area (Å²) in [6.45, 7) is 0. The van der Waals surface area contributed by atoms with Gasteiger partial charge in [-0.1, -0.05) is 12.8 Å². The summed E-state index contributed by atoms with van der Waals surface area (Å²) in [5.74, 6) is 0.476. The lowest BCUT2D eigenvalue weighted by molar-refractivity contribution is 0.621. The molecule has 2 nitrogen and oxygen atoms in total. The van der Waals surface area contributed by atoms with Crippen LogP contribution in [-0.4, -0.2) is 4.98 Å². The van der Waals surface area contributed by atoms with E-state index in [-0.39, 0.29) is 5.82 Å². The standard InChI is InChI=1S/C10H13FN2/c11-9-5-8(6-13-10(9)12)4-3-7-1-2-7/h5-7H,1-4H2,(H2,12,13). The summed E-state index contributed by atoms with van der Waals surface area (Å²) in [5.41, 5.74) is 6.23. The van der Waals surface area contributed by atoms with Crippen molar-refractivity contribution in [2.45, 2.75) is 25.7 Å². The highest BCUT2D eigenvalue weighted by Gasteiger charge is 2.20. The fourth-order valence-corrected chi connectivity index (χ4v) is 1.40. The van der Waals surface area contributed by atoms with Gasteiger partial charge in [0.2, 0.25) is 0 Å². The number of halogens is 1. The third kappa shape index (κ3) is 2.17. The molecule has 1 fully saturated rings. The van der Waals surface area contributed by atoms with Crippen molar-refractivity contribution in [1.29, 1.82) is 0 Å². The Labute approximate surface area is 77.0 Å². The molecule has 1 aromatic rings. The van der Waals surface area contributed by atoms with Crippen LogP contribution in [-0.2, 0) is 6.42 Å². The van der Waals surface area contributed by atoms with Gasteiger partial charge >= 0.3 is 0 Å². The maximum absolute atomic E-state index is 12.9. The van der Waals surface area contributed by atoms with Gasteiger partial charge in [0.25, 0.3) is 0 Å². The third-order valence-corrected chi connectivity index (χ3v) is 2.46. The molecule has 1 aromatic heterocycles. The van der Waals surface area contributed by atoms with E-state index in [9.17, 15) is 4.39 Å². The van der Waals surface area contributed by atoms with Gasteiger partial charge in [0.05, 0.1) is 0 Å². The number of nitrogens with zero attached hydrogens (tertiary/aromatic N) is 1. The maximum atomic E-state index is 12.9. The molecule has 0 radical (unpaired) electrons. The quantitative estimate of drug-likeness (QED) is 0.774. The van der Waals surface area contributed by atoms with E-state index in [0.29, 0.717) is 0 Å². The molecule has 2 rings (SSSR count). The monoisotopic (exact) mass is 180 g/mol. The largest absolute Gasteiger partial charge is 0.381 e. The number of rotatable bonds is 3. The summed E-state index contributed by atoms with van der Waals surface area (Å²) in [6, 6.07) is 1.49. The van der Waals surface area contributed by atoms with Crippen LogP contribution in [0, 0.1) is 11.7 Å². The van der Waals surface area contributed by atoms with Crippen LogP contribution in [0.4, 0.5) is 10.2 Å². The molecular formula is C10H13FN2. The fraction of sp³-hybridized carbons (Fsp3) is 0.500. The van der Waals surface area contributed by atoms with E-state index in [1.165, 1.54) is 18.9 Å². The zero-order valence-electron chi connectivity index (χ0n) is 7.46. The third-order valence-electron chi connectivity index (χ3n) is 2.46. The highest BCUT2D eigenvalue weighted by molar-refractivity contribution is 5.31. The maximum Gasteiger partial charge on any atom is 0.165 e. The first kappa shape index (κ1) is 8.48. The fourth-order valence-electron chi connectivity index (χ4n) is 1.40. The second kappa shape index (κ2) is 3.32. The molecule has 1 heterocycles. The minimum Gasteiger partial charge on any atom is -0.381 e. The first-order valence-electron chi connectivity index (χ1n) is 4.65. The van der Waals surface area contributed by atoms with Crippen molar-refractivity contribution in [3.05, 3.63) is 23.6 Å². The van der Waals surface area contributed by atoms with Gasteiger partial charge < -0.3 is 5.73 Å². The van der Waals surface area contributed by atoms with E-state index in [4.69, 9.17) is 5.73 Å². The Hall–Kier alpha value is -1.12. The molecular weight excluding hydrogens is 167 g/mol. The van der Waals surface area contributed by atoms with E-state index < -0.39 is 5.82 Å². The first-order valence-corrected chi connectivity index (χ1v) is 4.65. The Morgan fingerprint density at radius 1 is 1.54 bits per heavy atom. The lowest BCUT2D eigenvalue weighted by Crippen LogP contribution is -1.97. The Morgan fingerprint density at radius 3 is 2.92 bits per heavy atom. The van der Waals surface area contributed by atoms with Gasteiger partial charge in [-0.3, -0.25) is 0 Å². The average Bonchev–Trinajstić information content (AvgIpc) is 2.91. The van der Waals surface area contributed by atoms with Gasteiger partial charge in [0, 0.05) is 6.20 Å². The van der Waals surface area contributed by atoms with Gasteiger partial charge in [0.15, 0.2) is 11.6 Å². The van der Waals surface area contributed by atoms with Crippen molar-refractivity contribution in [2.24, 2.45) is 5.92 Å². The molecule has 0 unspecified atom stereocenters. The number of nitrogens with two attached hydrogens (primary N) is 1. The van der Waals surface area contributed by atoms with Crippen molar-refractivity contribution < 1.29 is 4.39 Å². The minimum atomic E-state index is -0.395. The number of nitrogen functional groups attached to an aromatic ring is 1. The zero-order chi connectivity index (χ0) is 9.26. The molecule has 1 aliphatic carbocycles. The number of anilines is 1. The zero-order valence-corrected chi connectivity index (χ0v) is 7.46. The van der Waals surface area contributed by atoms with E-state index in [1.54, 1.807) is 6.20 Å². The molecule has 0 spiro atoms. The highest BCUT2D eigenvalue weighted by Crippen LogP contribution is 2.33. The summed E-state index contributed by atoms with van der Waals surface area (Å²) in [4.78, 5) is 3.78. The van der Waals surface area contributed by atoms with Crippen LogP contribution in [0.15, 0.2) is 12.3 Å². The molecule has 3 heteroatoms. The lowest BCUT2D eigenvalue weighted by atomic mass is 10.1. The van der Waals surface area contributed by atoms with Crippen LogP contribution in [0.2, 0.25) is 0 Å². The minimum absolute atomic E-state index is 0.00447. The predicted octanol–water partition coefficient (Wildman–Crippen LogP) is 2.15. The summed E-state index contributed by atoms with van der Waals surface area (Å²) >= 11 is 0. The molecule has 2 N–H and O–H groups in total. The smallest absolute Gasteiger partial charge is 0.165 e. The van der Waals surface area contributed by atoms with Crippen molar-refractivity contribution in [3.8, 4) is 0 Å². The van der Waals surface area contributed by atoms with Crippen LogP contribution in [0.25, 0.3) is 0 Å². The highest BCUT2D eigenvalue weighted by atomic mass is 19.1. The Balaban J connectivity index is 1.98. The summed E-state index contributed by atoms with van der Waals surface area (Å²) in [7, 11) is 0. The number of aromatic nitrogens is 1. The van der Waals surface area contributed by atoms with Crippen LogP contribution in [0.5, 0.6) is 0 Å². The Bertz CT molecular complexity index is 308. The molecule has 0 amide bonds. The van der Waals surface area contributed by atoms with Crippen LogP contribution >= 0.6 is 0 Å². The van der Waals surface area contributed by atoms with Crippen molar-refractivity contribution in [2.75, 3.05) is 5.73 Å². The molecule has 1 saturated carbocycles. The van der Waals surface area contributed by atoms with E-state index >= 15 is 0 Å².